The Morgan fingerprint density at radius 1 is 1.14 bits per heavy atom. The average molecular weight is 286 g/mol. The maximum Gasteiger partial charge on any atom is 0.00787 e. The van der Waals surface area contributed by atoms with Crippen LogP contribution in [0.25, 0.3) is 0 Å². The fourth-order valence-corrected chi connectivity index (χ4v) is 3.93. The molecule has 0 amide bonds. The summed E-state index contributed by atoms with van der Waals surface area (Å²) in [7, 11) is 2.24. The summed E-state index contributed by atoms with van der Waals surface area (Å²) in [6.45, 7) is 6.06. The van der Waals surface area contributed by atoms with Crippen LogP contribution < -0.4 is 5.32 Å². The molecule has 1 aromatic carbocycles. The molecule has 1 saturated carbocycles. The van der Waals surface area contributed by atoms with E-state index in [4.69, 9.17) is 0 Å². The zero-order valence-electron chi connectivity index (χ0n) is 13.6. The Labute approximate surface area is 129 Å². The van der Waals surface area contributed by atoms with E-state index in [2.05, 4.69) is 48.5 Å². The summed E-state index contributed by atoms with van der Waals surface area (Å²) in [5, 5.41) is 3.78. The highest BCUT2D eigenvalue weighted by molar-refractivity contribution is 5.31. The number of aryl methyl sites for hydroxylation is 1. The van der Waals surface area contributed by atoms with Crippen molar-refractivity contribution >= 4 is 0 Å². The lowest BCUT2D eigenvalue weighted by Gasteiger charge is -2.38. The van der Waals surface area contributed by atoms with Crippen molar-refractivity contribution in [2.24, 2.45) is 5.92 Å². The monoisotopic (exact) mass is 286 g/mol. The lowest BCUT2D eigenvalue weighted by atomic mass is 9.74. The molecular formula is C19H30N2. The number of nitrogens with one attached hydrogen (secondary N) is 1. The molecule has 116 valence electrons. The third-order valence-corrected chi connectivity index (χ3v) is 5.59. The molecule has 1 saturated heterocycles. The number of nitrogens with zero attached hydrogens (tertiary/aromatic N) is 1. The predicted molar refractivity (Wildman–Crippen MR) is 89.8 cm³/mol. The van der Waals surface area contributed by atoms with Crippen LogP contribution in [0.15, 0.2) is 24.3 Å². The second-order valence-corrected chi connectivity index (χ2v) is 7.21. The van der Waals surface area contributed by atoms with Gasteiger partial charge in [-0.05, 0) is 88.7 Å². The van der Waals surface area contributed by atoms with E-state index < -0.39 is 0 Å². The molecule has 0 atom stereocenters. The number of hydrogen-bond donors (Lipinski definition) is 1. The molecule has 0 spiro atoms. The van der Waals surface area contributed by atoms with Gasteiger partial charge in [0.2, 0.25) is 0 Å². The van der Waals surface area contributed by atoms with Crippen LogP contribution in [0.4, 0.5) is 0 Å². The van der Waals surface area contributed by atoms with Crippen LogP contribution in [0.5, 0.6) is 0 Å². The summed E-state index contributed by atoms with van der Waals surface area (Å²) in [6, 6.07) is 9.66. The molecule has 1 N–H and O–H groups in total. The number of likely N-dealkylation sites (tertiary alicyclic amines) is 1. The highest BCUT2D eigenvalue weighted by Crippen LogP contribution is 2.38. The van der Waals surface area contributed by atoms with Crippen molar-refractivity contribution in [2.45, 2.75) is 51.0 Å². The van der Waals surface area contributed by atoms with Crippen molar-refractivity contribution in [3.8, 4) is 0 Å². The SMILES string of the molecule is Cc1ccccc1C1CC(NCCC2CCN(C)CC2)C1. The Kier molecular flexibility index (Phi) is 4.97. The third-order valence-electron chi connectivity index (χ3n) is 5.59. The molecule has 2 aliphatic rings. The van der Waals surface area contributed by atoms with Crippen molar-refractivity contribution in [2.75, 3.05) is 26.7 Å². The van der Waals surface area contributed by atoms with Crippen molar-refractivity contribution in [3.63, 3.8) is 0 Å². The molecular weight excluding hydrogens is 256 g/mol. The maximum absolute atomic E-state index is 3.78. The molecule has 0 aromatic heterocycles. The van der Waals surface area contributed by atoms with Crippen LogP contribution in [0.3, 0.4) is 0 Å². The molecule has 1 aliphatic heterocycles. The summed E-state index contributed by atoms with van der Waals surface area (Å²) in [4.78, 5) is 2.46. The van der Waals surface area contributed by atoms with Gasteiger partial charge in [0, 0.05) is 6.04 Å². The fraction of sp³-hybridized carbons (Fsp3) is 0.684. The molecule has 1 aliphatic carbocycles. The predicted octanol–water partition coefficient (Wildman–Crippen LogP) is 3.56. The summed E-state index contributed by atoms with van der Waals surface area (Å²) < 4.78 is 0. The van der Waals surface area contributed by atoms with Crippen LogP contribution in [0.2, 0.25) is 0 Å². The van der Waals surface area contributed by atoms with Crippen LogP contribution in [-0.4, -0.2) is 37.6 Å². The van der Waals surface area contributed by atoms with Gasteiger partial charge in [0.15, 0.2) is 0 Å². The zero-order valence-corrected chi connectivity index (χ0v) is 13.6. The van der Waals surface area contributed by atoms with Gasteiger partial charge in [-0.15, -0.1) is 0 Å². The molecule has 0 unspecified atom stereocenters. The average Bonchev–Trinajstić information content (AvgIpc) is 2.45. The van der Waals surface area contributed by atoms with Crippen LogP contribution in [0, 0.1) is 12.8 Å². The highest BCUT2D eigenvalue weighted by Gasteiger charge is 2.30. The van der Waals surface area contributed by atoms with Gasteiger partial charge in [-0.3, -0.25) is 0 Å². The van der Waals surface area contributed by atoms with Gasteiger partial charge in [-0.2, -0.15) is 0 Å². The minimum Gasteiger partial charge on any atom is -0.314 e. The Morgan fingerprint density at radius 2 is 1.86 bits per heavy atom. The first-order valence-corrected chi connectivity index (χ1v) is 8.70. The molecule has 0 bridgehead atoms. The first kappa shape index (κ1) is 15.1. The van der Waals surface area contributed by atoms with E-state index in [1.807, 2.05) is 0 Å². The first-order chi connectivity index (χ1) is 10.2. The van der Waals surface area contributed by atoms with Gasteiger partial charge >= 0.3 is 0 Å². The zero-order chi connectivity index (χ0) is 14.7. The topological polar surface area (TPSA) is 15.3 Å². The number of piperidine rings is 1. The molecule has 2 nitrogen and oxygen atoms in total. The molecule has 2 fully saturated rings. The molecule has 0 radical (unpaired) electrons. The Morgan fingerprint density at radius 3 is 2.57 bits per heavy atom. The summed E-state index contributed by atoms with van der Waals surface area (Å²) in [5.41, 5.74) is 3.04. The fourth-order valence-electron chi connectivity index (χ4n) is 3.93. The molecule has 3 rings (SSSR count). The van der Waals surface area contributed by atoms with Crippen LogP contribution in [0.1, 0.15) is 49.1 Å². The van der Waals surface area contributed by atoms with Gasteiger partial charge < -0.3 is 10.2 Å². The van der Waals surface area contributed by atoms with E-state index in [-0.39, 0.29) is 0 Å². The summed E-state index contributed by atoms with van der Waals surface area (Å²) >= 11 is 0. The van der Waals surface area contributed by atoms with Gasteiger partial charge in [0.1, 0.15) is 0 Å². The molecule has 1 aromatic rings. The minimum absolute atomic E-state index is 0.765. The number of rotatable bonds is 5. The van der Waals surface area contributed by atoms with Gasteiger partial charge in [0.05, 0.1) is 0 Å². The minimum atomic E-state index is 0.765. The van der Waals surface area contributed by atoms with E-state index in [0.717, 1.165) is 17.9 Å². The number of hydrogen-bond acceptors (Lipinski definition) is 2. The second kappa shape index (κ2) is 6.93. The van der Waals surface area contributed by atoms with Crippen LogP contribution >= 0.6 is 0 Å². The third kappa shape index (κ3) is 3.87. The molecule has 1 heterocycles. The lowest BCUT2D eigenvalue weighted by molar-refractivity contribution is 0.205. The van der Waals surface area contributed by atoms with Gasteiger partial charge in [0.25, 0.3) is 0 Å². The maximum atomic E-state index is 3.78. The van der Waals surface area contributed by atoms with Gasteiger partial charge in [-0.25, -0.2) is 0 Å². The Hall–Kier alpha value is -0.860. The highest BCUT2D eigenvalue weighted by atomic mass is 15.1. The van der Waals surface area contributed by atoms with Gasteiger partial charge in [-0.1, -0.05) is 24.3 Å². The Balaban J connectivity index is 1.33. The smallest absolute Gasteiger partial charge is 0.00787 e. The van der Waals surface area contributed by atoms with Crippen molar-refractivity contribution in [1.82, 2.24) is 10.2 Å². The number of benzene rings is 1. The summed E-state index contributed by atoms with van der Waals surface area (Å²) in [5.74, 6) is 1.76. The van der Waals surface area contributed by atoms with Crippen LogP contribution in [-0.2, 0) is 0 Å². The summed E-state index contributed by atoms with van der Waals surface area (Å²) in [6.07, 6.45) is 6.83. The van der Waals surface area contributed by atoms with Crippen molar-refractivity contribution in [3.05, 3.63) is 35.4 Å². The molecule has 21 heavy (non-hydrogen) atoms. The van der Waals surface area contributed by atoms with Crippen molar-refractivity contribution in [1.29, 1.82) is 0 Å². The van der Waals surface area contributed by atoms with E-state index in [1.165, 1.54) is 57.3 Å². The largest absolute Gasteiger partial charge is 0.314 e. The lowest BCUT2D eigenvalue weighted by Crippen LogP contribution is -2.41. The van der Waals surface area contributed by atoms with E-state index in [1.54, 1.807) is 5.56 Å². The molecule has 2 heteroatoms. The Bertz CT molecular complexity index is 443. The van der Waals surface area contributed by atoms with E-state index in [0.29, 0.717) is 0 Å². The second-order valence-electron chi connectivity index (χ2n) is 7.21. The standard InChI is InChI=1S/C19H30N2/c1-15-5-3-4-6-19(15)17-13-18(14-17)20-10-7-16-8-11-21(2)12-9-16/h3-6,16-18,20H,7-14H2,1-2H3. The quantitative estimate of drug-likeness (QED) is 0.890. The first-order valence-electron chi connectivity index (χ1n) is 8.70. The van der Waals surface area contributed by atoms with E-state index in [9.17, 15) is 0 Å². The van der Waals surface area contributed by atoms with E-state index >= 15 is 0 Å². The van der Waals surface area contributed by atoms with Crippen molar-refractivity contribution < 1.29 is 0 Å². The normalized spacial score (nSPS) is 27.5.